The van der Waals surface area contributed by atoms with Crippen LogP contribution >= 0.6 is 0 Å². The molecular weight excluding hydrogens is 450 g/mol. The van der Waals surface area contributed by atoms with E-state index in [0.717, 1.165) is 22.3 Å². The molecule has 35 heavy (non-hydrogen) atoms. The van der Waals surface area contributed by atoms with Crippen molar-refractivity contribution in [2.45, 2.75) is 19.3 Å². The number of carboxylic acids is 1. The second-order valence-corrected chi connectivity index (χ2v) is 9.01. The lowest BCUT2D eigenvalue weighted by atomic mass is 9.87. The lowest BCUT2D eigenvalue weighted by molar-refractivity contribution is -0.148. The smallest absolute Gasteiger partial charge is 0.407 e. The van der Waals surface area contributed by atoms with Crippen molar-refractivity contribution in [3.63, 3.8) is 0 Å². The van der Waals surface area contributed by atoms with Gasteiger partial charge in [-0.1, -0.05) is 55.5 Å². The number of hydrogen-bond donors (Lipinski definition) is 3. The van der Waals surface area contributed by atoms with Crippen LogP contribution in [0, 0.1) is 11.8 Å². The maximum absolute atomic E-state index is 12.4. The number of likely N-dealkylation sites (tertiary alicyclic amines) is 1. The highest BCUT2D eigenvalue weighted by atomic mass is 16.5. The van der Waals surface area contributed by atoms with Gasteiger partial charge in [-0.05, 0) is 34.6 Å². The average Bonchev–Trinajstić information content (AvgIpc) is 3.18. The largest absolute Gasteiger partial charge is 0.481 e. The van der Waals surface area contributed by atoms with Crippen LogP contribution in [0.2, 0.25) is 0 Å². The Morgan fingerprint density at radius 2 is 1.60 bits per heavy atom. The van der Waals surface area contributed by atoms with Crippen LogP contribution in [0.15, 0.2) is 48.5 Å². The van der Waals surface area contributed by atoms with Crippen molar-refractivity contribution in [1.82, 2.24) is 15.5 Å². The Bertz CT molecular complexity index is 1090. The zero-order chi connectivity index (χ0) is 24.9. The van der Waals surface area contributed by atoms with Gasteiger partial charge in [0.2, 0.25) is 11.8 Å². The van der Waals surface area contributed by atoms with Crippen LogP contribution in [-0.4, -0.2) is 66.7 Å². The third-order valence-corrected chi connectivity index (χ3v) is 6.80. The number of benzene rings is 2. The molecule has 2 unspecified atom stereocenters. The molecule has 0 aromatic heterocycles. The SMILES string of the molecule is CC1CCN(C(=O)CNC(=O)CNC(=O)OCC2c3ccccc3-c3ccccc32)CC1C(=O)O. The van der Waals surface area contributed by atoms with Gasteiger partial charge in [0.15, 0.2) is 0 Å². The van der Waals surface area contributed by atoms with Crippen LogP contribution in [0.1, 0.15) is 30.4 Å². The summed E-state index contributed by atoms with van der Waals surface area (Å²) in [6.45, 7) is 1.99. The summed E-state index contributed by atoms with van der Waals surface area (Å²) in [6, 6.07) is 16.0. The van der Waals surface area contributed by atoms with Crippen molar-refractivity contribution in [1.29, 1.82) is 0 Å². The number of piperidine rings is 1. The standard InChI is InChI=1S/C26H29N3O6/c1-16-10-11-29(14-21(16)25(32)33)24(31)13-27-23(30)12-28-26(34)35-15-22-19-8-4-2-6-17(19)18-7-3-5-9-20(18)22/h2-9,16,21-22H,10-15H2,1H3,(H,27,30)(H,28,34)(H,32,33). The molecule has 2 aromatic rings. The lowest BCUT2D eigenvalue weighted by Gasteiger charge is -2.34. The van der Waals surface area contributed by atoms with Crippen molar-refractivity contribution in [2.75, 3.05) is 32.8 Å². The molecule has 1 heterocycles. The highest BCUT2D eigenvalue weighted by Crippen LogP contribution is 2.44. The van der Waals surface area contributed by atoms with Crippen molar-refractivity contribution in [3.8, 4) is 11.1 Å². The van der Waals surface area contributed by atoms with Gasteiger partial charge in [-0.3, -0.25) is 14.4 Å². The number of aliphatic carboxylic acids is 1. The summed E-state index contributed by atoms with van der Waals surface area (Å²) < 4.78 is 5.39. The fourth-order valence-corrected chi connectivity index (χ4v) is 4.77. The predicted octanol–water partition coefficient (Wildman–Crippen LogP) is 2.21. The molecule has 0 bridgehead atoms. The monoisotopic (exact) mass is 479 g/mol. The van der Waals surface area contributed by atoms with Crippen LogP contribution in [0.25, 0.3) is 11.1 Å². The van der Waals surface area contributed by atoms with Crippen molar-refractivity contribution < 1.29 is 29.0 Å². The van der Waals surface area contributed by atoms with Gasteiger partial charge in [-0.2, -0.15) is 0 Å². The van der Waals surface area contributed by atoms with E-state index in [9.17, 15) is 24.3 Å². The number of fused-ring (bicyclic) bond motifs is 3. The van der Waals surface area contributed by atoms with E-state index in [1.54, 1.807) is 0 Å². The second kappa shape index (κ2) is 10.6. The maximum Gasteiger partial charge on any atom is 0.407 e. The fourth-order valence-electron chi connectivity index (χ4n) is 4.77. The third-order valence-electron chi connectivity index (χ3n) is 6.80. The Morgan fingerprint density at radius 3 is 2.23 bits per heavy atom. The van der Waals surface area contributed by atoms with Crippen LogP contribution in [0.5, 0.6) is 0 Å². The number of nitrogens with zero attached hydrogens (tertiary/aromatic N) is 1. The summed E-state index contributed by atoms with van der Waals surface area (Å²) in [7, 11) is 0. The summed E-state index contributed by atoms with van der Waals surface area (Å²) in [5.74, 6) is -2.51. The number of carboxylic acid groups (broad SMARTS) is 1. The molecule has 3 N–H and O–H groups in total. The first-order valence-electron chi connectivity index (χ1n) is 11.7. The first-order chi connectivity index (χ1) is 16.8. The summed E-state index contributed by atoms with van der Waals surface area (Å²) in [6.07, 6.45) is -0.123. The van der Waals surface area contributed by atoms with Crippen molar-refractivity contribution >= 4 is 23.9 Å². The molecule has 1 saturated heterocycles. The van der Waals surface area contributed by atoms with Crippen LogP contribution < -0.4 is 10.6 Å². The number of ether oxygens (including phenoxy) is 1. The third kappa shape index (κ3) is 5.45. The molecule has 0 radical (unpaired) electrons. The second-order valence-electron chi connectivity index (χ2n) is 9.01. The molecule has 2 aromatic carbocycles. The minimum Gasteiger partial charge on any atom is -0.481 e. The van der Waals surface area contributed by atoms with Gasteiger partial charge in [0.1, 0.15) is 13.2 Å². The van der Waals surface area contributed by atoms with Crippen molar-refractivity contribution in [3.05, 3.63) is 59.7 Å². The quantitative estimate of drug-likeness (QED) is 0.559. The Morgan fingerprint density at radius 1 is 0.971 bits per heavy atom. The molecule has 3 amide bonds. The number of hydrogen-bond acceptors (Lipinski definition) is 5. The van der Waals surface area contributed by atoms with Gasteiger partial charge < -0.3 is 25.4 Å². The molecule has 1 fully saturated rings. The molecule has 184 valence electrons. The molecule has 0 spiro atoms. The maximum atomic E-state index is 12.4. The van der Waals surface area contributed by atoms with E-state index in [2.05, 4.69) is 10.6 Å². The average molecular weight is 480 g/mol. The van der Waals surface area contributed by atoms with E-state index in [4.69, 9.17) is 4.74 Å². The lowest BCUT2D eigenvalue weighted by Crippen LogP contribution is -2.49. The van der Waals surface area contributed by atoms with E-state index in [0.29, 0.717) is 13.0 Å². The summed E-state index contributed by atoms with van der Waals surface area (Å²) in [4.78, 5) is 49.5. The number of nitrogens with one attached hydrogen (secondary N) is 2. The molecule has 1 aliphatic heterocycles. The van der Waals surface area contributed by atoms with E-state index in [1.807, 2.05) is 55.5 Å². The molecule has 9 heteroatoms. The van der Waals surface area contributed by atoms with Gasteiger partial charge in [0.25, 0.3) is 0 Å². The zero-order valence-electron chi connectivity index (χ0n) is 19.5. The van der Waals surface area contributed by atoms with Crippen LogP contribution in [-0.2, 0) is 19.1 Å². The number of rotatable bonds is 7. The normalized spacial score (nSPS) is 18.8. The highest BCUT2D eigenvalue weighted by molar-refractivity contribution is 5.87. The zero-order valence-corrected chi connectivity index (χ0v) is 19.5. The molecular formula is C26H29N3O6. The first kappa shape index (κ1) is 24.3. The van der Waals surface area contributed by atoms with Crippen molar-refractivity contribution in [2.24, 2.45) is 11.8 Å². The topological polar surface area (TPSA) is 125 Å². The van der Waals surface area contributed by atoms with Gasteiger partial charge in [-0.15, -0.1) is 0 Å². The molecule has 0 saturated carbocycles. The predicted molar refractivity (Wildman–Crippen MR) is 128 cm³/mol. The Hall–Kier alpha value is -3.88. The van der Waals surface area contributed by atoms with Crippen LogP contribution in [0.4, 0.5) is 4.79 Å². The molecule has 9 nitrogen and oxygen atoms in total. The highest BCUT2D eigenvalue weighted by Gasteiger charge is 2.33. The Kier molecular flexibility index (Phi) is 7.33. The fraction of sp³-hybridized carbons (Fsp3) is 0.385. The minimum absolute atomic E-state index is 0.00690. The molecule has 2 atom stereocenters. The summed E-state index contributed by atoms with van der Waals surface area (Å²) >= 11 is 0. The van der Waals surface area contributed by atoms with E-state index < -0.39 is 23.9 Å². The van der Waals surface area contributed by atoms with E-state index in [1.165, 1.54) is 4.90 Å². The molecule has 4 rings (SSSR count). The summed E-state index contributed by atoms with van der Waals surface area (Å²) in [5.41, 5.74) is 4.43. The Labute approximate surface area is 203 Å². The first-order valence-corrected chi connectivity index (χ1v) is 11.7. The number of amides is 3. The van der Waals surface area contributed by atoms with Gasteiger partial charge in [-0.25, -0.2) is 4.79 Å². The Balaban J connectivity index is 1.21. The van der Waals surface area contributed by atoms with Gasteiger partial charge in [0.05, 0.1) is 12.5 Å². The van der Waals surface area contributed by atoms with Gasteiger partial charge in [0, 0.05) is 19.0 Å². The van der Waals surface area contributed by atoms with Crippen LogP contribution in [0.3, 0.4) is 0 Å². The van der Waals surface area contributed by atoms with Gasteiger partial charge >= 0.3 is 12.1 Å². The number of carbonyl (C=O) groups is 4. The molecule has 1 aliphatic carbocycles. The molecule has 2 aliphatic rings. The number of carbonyl (C=O) groups excluding carboxylic acids is 3. The van der Waals surface area contributed by atoms with E-state index in [-0.39, 0.29) is 44.0 Å². The van der Waals surface area contributed by atoms with E-state index >= 15 is 0 Å². The number of alkyl carbamates (subject to hydrolysis) is 1. The summed E-state index contributed by atoms with van der Waals surface area (Å²) in [5, 5.41) is 14.2. The minimum atomic E-state index is -0.925.